The molecule has 4 aromatic carbocycles. The molecular weight excluding hydrogens is 523 g/mol. The molecule has 0 radical (unpaired) electrons. The van der Waals surface area contributed by atoms with Gasteiger partial charge in [0.05, 0.1) is 14.3 Å². The van der Waals surface area contributed by atoms with Crippen molar-refractivity contribution in [1.82, 2.24) is 0 Å². The summed E-state index contributed by atoms with van der Waals surface area (Å²) in [7, 11) is 2.05. The highest BCUT2D eigenvalue weighted by molar-refractivity contribution is 5.69. The highest BCUT2D eigenvalue weighted by Gasteiger charge is 2.28. The van der Waals surface area contributed by atoms with Gasteiger partial charge in [0, 0.05) is 23.1 Å². The zero-order valence-electron chi connectivity index (χ0n) is 23.1. The average Bonchev–Trinajstić information content (AvgIpc) is 2.98. The third-order valence-electron chi connectivity index (χ3n) is 6.45. The summed E-state index contributed by atoms with van der Waals surface area (Å²) >= 11 is 0. The molecule has 0 atom stereocenters. The van der Waals surface area contributed by atoms with Crippen molar-refractivity contribution < 1.29 is 31.4 Å². The molecule has 5 rings (SSSR count). The van der Waals surface area contributed by atoms with Crippen molar-refractivity contribution in [3.8, 4) is 28.4 Å². The fourth-order valence-corrected chi connectivity index (χ4v) is 4.50. The Balaban J connectivity index is 0.000000309. The number of ether oxygens (including phenoxy) is 2. The van der Waals surface area contributed by atoms with Crippen LogP contribution >= 0.6 is 0 Å². The standard InChI is InChI=1S/C23H19F3O2.C9H11F.CH3F/c1-3-4-14-11-16-12-15-7-10-18(13-5-8-17(27-2)9-6-13)20(25)22(15)28-23(16)21(26)19(14)24;1-2-3-8-4-6-9(10)7-5-8;1-2/h5-11H,3-4,12H2,1-2H3;4-7H,2-3H2,1H3;1H3. The molecule has 0 spiro atoms. The zero-order valence-corrected chi connectivity index (χ0v) is 23.1. The summed E-state index contributed by atoms with van der Waals surface area (Å²) in [5.41, 5.74) is 3.64. The van der Waals surface area contributed by atoms with Crippen molar-refractivity contribution in [3.63, 3.8) is 0 Å². The van der Waals surface area contributed by atoms with E-state index in [1.165, 1.54) is 17.7 Å². The lowest BCUT2D eigenvalue weighted by Gasteiger charge is -2.23. The van der Waals surface area contributed by atoms with Gasteiger partial charge in [-0.2, -0.15) is 4.39 Å². The summed E-state index contributed by atoms with van der Waals surface area (Å²) in [5.74, 6) is -2.34. The molecule has 1 aliphatic rings. The Morgan fingerprint density at radius 2 is 1.32 bits per heavy atom. The number of methoxy groups -OCH3 is 1. The van der Waals surface area contributed by atoms with Gasteiger partial charge in [-0.05, 0) is 59.9 Å². The van der Waals surface area contributed by atoms with Crippen LogP contribution in [0.3, 0.4) is 0 Å². The summed E-state index contributed by atoms with van der Waals surface area (Å²) in [5, 5.41) is 0. The first-order valence-electron chi connectivity index (χ1n) is 13.1. The summed E-state index contributed by atoms with van der Waals surface area (Å²) in [6.07, 6.45) is 3.59. The van der Waals surface area contributed by atoms with Crippen molar-refractivity contribution in [1.29, 1.82) is 0 Å². The quantitative estimate of drug-likeness (QED) is 0.194. The van der Waals surface area contributed by atoms with Gasteiger partial charge in [0.15, 0.2) is 23.1 Å². The molecule has 0 unspecified atom stereocenters. The number of fused-ring (bicyclic) bond motifs is 2. The number of benzene rings is 4. The molecule has 0 fully saturated rings. The minimum atomic E-state index is -1.05. The average molecular weight is 557 g/mol. The molecule has 0 aliphatic carbocycles. The first-order chi connectivity index (χ1) is 19.4. The number of halogens is 5. The lowest BCUT2D eigenvalue weighted by molar-refractivity contribution is 0.380. The van der Waals surface area contributed by atoms with Gasteiger partial charge >= 0.3 is 0 Å². The van der Waals surface area contributed by atoms with Crippen molar-refractivity contribution in [3.05, 3.63) is 112 Å². The van der Waals surface area contributed by atoms with Crippen LogP contribution in [0.5, 0.6) is 17.2 Å². The highest BCUT2D eigenvalue weighted by atomic mass is 19.2. The van der Waals surface area contributed by atoms with Crippen LogP contribution in [0.25, 0.3) is 11.1 Å². The number of alkyl halides is 1. The van der Waals surface area contributed by atoms with E-state index in [0.29, 0.717) is 60.0 Å². The maximum atomic E-state index is 15.2. The van der Waals surface area contributed by atoms with Crippen LogP contribution < -0.4 is 9.47 Å². The van der Waals surface area contributed by atoms with Gasteiger partial charge in [0.1, 0.15) is 11.6 Å². The third-order valence-corrected chi connectivity index (χ3v) is 6.45. The second-order valence-electron chi connectivity index (χ2n) is 9.20. The maximum Gasteiger partial charge on any atom is 0.201 e. The van der Waals surface area contributed by atoms with Crippen molar-refractivity contribution in [2.75, 3.05) is 14.3 Å². The minimum absolute atomic E-state index is 0.0534. The molecule has 2 nitrogen and oxygen atoms in total. The fraction of sp³-hybridized carbons (Fsp3) is 0.273. The molecule has 1 aliphatic heterocycles. The Bertz CT molecular complexity index is 1400. The van der Waals surface area contributed by atoms with Crippen LogP contribution in [-0.2, 0) is 19.3 Å². The van der Waals surface area contributed by atoms with Crippen LogP contribution in [0, 0.1) is 23.3 Å². The van der Waals surface area contributed by atoms with Crippen LogP contribution in [-0.4, -0.2) is 14.3 Å². The summed E-state index contributed by atoms with van der Waals surface area (Å²) in [6.45, 7) is 4.02. The minimum Gasteiger partial charge on any atom is -0.497 e. The largest absolute Gasteiger partial charge is 0.497 e. The van der Waals surface area contributed by atoms with Crippen LogP contribution in [0.15, 0.2) is 66.7 Å². The number of hydrogen-bond donors (Lipinski definition) is 0. The van der Waals surface area contributed by atoms with E-state index in [-0.39, 0.29) is 17.3 Å². The van der Waals surface area contributed by atoms with Crippen molar-refractivity contribution in [2.24, 2.45) is 0 Å². The number of rotatable bonds is 6. The van der Waals surface area contributed by atoms with Crippen molar-refractivity contribution in [2.45, 2.75) is 46.0 Å². The van der Waals surface area contributed by atoms with Gasteiger partial charge in [0.2, 0.25) is 5.82 Å². The number of aryl methyl sites for hydroxylation is 2. The van der Waals surface area contributed by atoms with E-state index >= 15 is 4.39 Å². The highest BCUT2D eigenvalue weighted by Crippen LogP contribution is 2.43. The third kappa shape index (κ3) is 7.00. The van der Waals surface area contributed by atoms with Gasteiger partial charge in [-0.25, -0.2) is 13.2 Å². The zero-order chi connectivity index (χ0) is 29.2. The van der Waals surface area contributed by atoms with E-state index in [0.717, 1.165) is 12.8 Å². The molecular formula is C33H33F5O2. The summed E-state index contributed by atoms with van der Waals surface area (Å²) in [4.78, 5) is 0. The molecule has 0 bridgehead atoms. The van der Waals surface area contributed by atoms with E-state index in [4.69, 9.17) is 9.47 Å². The first-order valence-corrected chi connectivity index (χ1v) is 13.1. The second-order valence-corrected chi connectivity index (χ2v) is 9.20. The first kappa shape index (κ1) is 30.7. The molecule has 0 aromatic heterocycles. The monoisotopic (exact) mass is 556 g/mol. The Kier molecular flexibility index (Phi) is 11.1. The lowest BCUT2D eigenvalue weighted by Crippen LogP contribution is -2.10. The molecule has 0 amide bonds. The van der Waals surface area contributed by atoms with E-state index in [9.17, 15) is 17.6 Å². The molecule has 4 aromatic rings. The Morgan fingerprint density at radius 3 is 1.93 bits per heavy atom. The van der Waals surface area contributed by atoms with Gasteiger partial charge in [-0.1, -0.05) is 63.1 Å². The topological polar surface area (TPSA) is 18.5 Å². The van der Waals surface area contributed by atoms with Gasteiger partial charge in [-0.15, -0.1) is 0 Å². The maximum absolute atomic E-state index is 15.2. The molecule has 0 saturated heterocycles. The molecule has 0 saturated carbocycles. The summed E-state index contributed by atoms with van der Waals surface area (Å²) in [6, 6.07) is 18.7. The SMILES string of the molecule is CCCc1cc2c(c(F)c1F)Oc1c(ccc(-c3ccc(OC)cc3)c1F)C2.CCCc1ccc(F)cc1.CF. The van der Waals surface area contributed by atoms with E-state index in [1.807, 2.05) is 19.1 Å². The molecule has 7 heteroatoms. The Morgan fingerprint density at radius 1 is 0.700 bits per heavy atom. The number of hydrogen-bond acceptors (Lipinski definition) is 2. The van der Waals surface area contributed by atoms with Crippen LogP contribution in [0.1, 0.15) is 48.9 Å². The second kappa shape index (κ2) is 14.5. The van der Waals surface area contributed by atoms with E-state index < -0.39 is 17.5 Å². The predicted molar refractivity (Wildman–Crippen MR) is 149 cm³/mol. The van der Waals surface area contributed by atoms with Crippen LogP contribution in [0.4, 0.5) is 22.0 Å². The fourth-order valence-electron chi connectivity index (χ4n) is 4.50. The molecule has 40 heavy (non-hydrogen) atoms. The normalized spacial score (nSPS) is 11.1. The molecule has 212 valence electrons. The smallest absolute Gasteiger partial charge is 0.201 e. The summed E-state index contributed by atoms with van der Waals surface area (Å²) < 4.78 is 76.5. The Labute approximate surface area is 232 Å². The van der Waals surface area contributed by atoms with E-state index in [1.54, 1.807) is 49.6 Å². The van der Waals surface area contributed by atoms with Crippen LogP contribution in [0.2, 0.25) is 0 Å². The Hall–Kier alpha value is -3.87. The lowest BCUT2D eigenvalue weighted by atomic mass is 9.94. The van der Waals surface area contributed by atoms with E-state index in [2.05, 4.69) is 6.92 Å². The van der Waals surface area contributed by atoms with Crippen molar-refractivity contribution >= 4 is 0 Å². The van der Waals surface area contributed by atoms with Gasteiger partial charge in [0.25, 0.3) is 0 Å². The van der Waals surface area contributed by atoms with Gasteiger partial charge < -0.3 is 9.47 Å². The molecule has 0 N–H and O–H groups in total. The molecule has 1 heterocycles. The van der Waals surface area contributed by atoms with Gasteiger partial charge in [-0.3, -0.25) is 4.39 Å². The predicted octanol–water partition coefficient (Wildman–Crippen LogP) is 9.79.